The van der Waals surface area contributed by atoms with Gasteiger partial charge in [0.1, 0.15) is 5.56 Å². The van der Waals surface area contributed by atoms with Crippen LogP contribution in [0.3, 0.4) is 0 Å². The van der Waals surface area contributed by atoms with Crippen LogP contribution in [-0.4, -0.2) is 28.5 Å². The normalized spacial score (nSPS) is 9.78. The molecule has 1 aromatic rings. The Labute approximate surface area is 102 Å². The second-order valence-corrected chi connectivity index (χ2v) is 3.44. The number of benzene rings is 1. The van der Waals surface area contributed by atoms with E-state index in [4.69, 9.17) is 10.8 Å². The second-order valence-electron chi connectivity index (χ2n) is 3.44. The number of amides is 1. The fraction of sp³-hybridized carbons (Fsp3) is 0.200. The van der Waals surface area contributed by atoms with Crippen LogP contribution in [0, 0.1) is 10.1 Å². The number of nitro groups is 1. The topological polar surface area (TPSA) is 136 Å². The van der Waals surface area contributed by atoms with Gasteiger partial charge < -0.3 is 16.2 Å². The lowest BCUT2D eigenvalue weighted by Crippen LogP contribution is -2.16. The molecule has 0 aromatic heterocycles. The number of carboxylic acids is 1. The summed E-state index contributed by atoms with van der Waals surface area (Å²) in [6.45, 7) is 0.221. The van der Waals surface area contributed by atoms with E-state index in [1.807, 2.05) is 0 Å². The van der Waals surface area contributed by atoms with Crippen LogP contribution < -0.4 is 11.1 Å². The summed E-state index contributed by atoms with van der Waals surface area (Å²) in [5, 5.41) is 22.2. The first-order valence-electron chi connectivity index (χ1n) is 4.95. The van der Waals surface area contributed by atoms with Gasteiger partial charge in [0.05, 0.1) is 4.92 Å². The maximum absolute atomic E-state index is 10.8. The molecule has 1 amide bonds. The Bertz CT molecular complexity index is 500. The Morgan fingerprint density at radius 1 is 1.44 bits per heavy atom. The quantitative estimate of drug-likeness (QED) is 0.501. The zero-order chi connectivity index (χ0) is 13.7. The fourth-order valence-electron chi connectivity index (χ4n) is 1.30. The molecule has 0 saturated heterocycles. The molecule has 0 bridgehead atoms. The van der Waals surface area contributed by atoms with Crippen molar-refractivity contribution in [3.63, 3.8) is 0 Å². The van der Waals surface area contributed by atoms with Crippen LogP contribution >= 0.6 is 0 Å². The van der Waals surface area contributed by atoms with Crippen molar-refractivity contribution in [2.45, 2.75) is 6.42 Å². The van der Waals surface area contributed by atoms with Crippen molar-refractivity contribution in [1.82, 2.24) is 0 Å². The first kappa shape index (κ1) is 13.4. The Morgan fingerprint density at radius 3 is 2.61 bits per heavy atom. The number of rotatable bonds is 6. The van der Waals surface area contributed by atoms with Gasteiger partial charge in [-0.1, -0.05) is 0 Å². The molecule has 4 N–H and O–H groups in total. The standard InChI is InChI=1S/C10H11N3O5/c11-9(14)3-4-12-6-1-2-7(10(15)16)8(5-6)13(17)18/h1-2,5,12H,3-4H2,(H2,11,14)(H,15,16). The van der Waals surface area contributed by atoms with E-state index in [0.29, 0.717) is 5.69 Å². The minimum Gasteiger partial charge on any atom is -0.477 e. The molecule has 0 unspecified atom stereocenters. The first-order chi connectivity index (χ1) is 8.41. The number of aromatic carboxylic acids is 1. The molecular weight excluding hydrogens is 242 g/mol. The summed E-state index contributed by atoms with van der Waals surface area (Å²) in [4.78, 5) is 31.2. The number of nitrogens with zero attached hydrogens (tertiary/aromatic N) is 1. The van der Waals surface area contributed by atoms with Gasteiger partial charge in [-0.3, -0.25) is 14.9 Å². The van der Waals surface area contributed by atoms with Crippen LogP contribution in [-0.2, 0) is 4.79 Å². The van der Waals surface area contributed by atoms with Crippen LogP contribution in [0.25, 0.3) is 0 Å². The highest BCUT2D eigenvalue weighted by atomic mass is 16.6. The Morgan fingerprint density at radius 2 is 2.11 bits per heavy atom. The van der Waals surface area contributed by atoms with Crippen LogP contribution in [0.4, 0.5) is 11.4 Å². The fourth-order valence-corrected chi connectivity index (χ4v) is 1.30. The van der Waals surface area contributed by atoms with Crippen molar-refractivity contribution in [3.8, 4) is 0 Å². The molecule has 8 heteroatoms. The van der Waals surface area contributed by atoms with E-state index < -0.39 is 22.5 Å². The number of nitrogens with two attached hydrogens (primary N) is 1. The molecule has 8 nitrogen and oxygen atoms in total. The van der Waals surface area contributed by atoms with E-state index in [2.05, 4.69) is 5.32 Å². The monoisotopic (exact) mass is 253 g/mol. The summed E-state index contributed by atoms with van der Waals surface area (Å²) in [5.74, 6) is -1.87. The van der Waals surface area contributed by atoms with Gasteiger partial charge in [-0.25, -0.2) is 4.79 Å². The second kappa shape index (κ2) is 5.62. The molecule has 0 radical (unpaired) electrons. The lowest BCUT2D eigenvalue weighted by Gasteiger charge is -2.05. The van der Waals surface area contributed by atoms with Gasteiger partial charge in [0.25, 0.3) is 5.69 Å². The van der Waals surface area contributed by atoms with Crippen molar-refractivity contribution in [2.75, 3.05) is 11.9 Å². The van der Waals surface area contributed by atoms with E-state index in [0.717, 1.165) is 12.1 Å². The summed E-state index contributed by atoms with van der Waals surface area (Å²) < 4.78 is 0. The number of primary amides is 1. The average Bonchev–Trinajstić information content (AvgIpc) is 2.28. The average molecular weight is 253 g/mol. The largest absolute Gasteiger partial charge is 0.477 e. The summed E-state index contributed by atoms with van der Waals surface area (Å²) in [5.41, 5.74) is 4.39. The summed E-state index contributed by atoms with van der Waals surface area (Å²) in [6, 6.07) is 3.62. The maximum Gasteiger partial charge on any atom is 0.342 e. The van der Waals surface area contributed by atoms with Crippen LogP contribution in [0.15, 0.2) is 18.2 Å². The Kier molecular flexibility index (Phi) is 4.19. The van der Waals surface area contributed by atoms with Crippen molar-refractivity contribution >= 4 is 23.3 Å². The highest BCUT2D eigenvalue weighted by Crippen LogP contribution is 2.23. The summed E-state index contributed by atoms with van der Waals surface area (Å²) in [6.07, 6.45) is 0.0779. The van der Waals surface area contributed by atoms with E-state index in [1.165, 1.54) is 6.07 Å². The number of nitro benzene ring substituents is 1. The van der Waals surface area contributed by atoms with Crippen LogP contribution in [0.1, 0.15) is 16.8 Å². The Hall–Kier alpha value is -2.64. The SMILES string of the molecule is NC(=O)CCNc1ccc(C(=O)O)c([N+](=O)[O-])c1. The lowest BCUT2D eigenvalue weighted by atomic mass is 10.1. The molecule has 0 heterocycles. The number of hydrogen-bond acceptors (Lipinski definition) is 5. The number of nitrogens with one attached hydrogen (secondary N) is 1. The van der Waals surface area contributed by atoms with Crippen molar-refractivity contribution in [2.24, 2.45) is 5.73 Å². The number of hydrogen-bond donors (Lipinski definition) is 3. The maximum atomic E-state index is 10.8. The molecular formula is C10H11N3O5. The highest BCUT2D eigenvalue weighted by molar-refractivity contribution is 5.93. The van der Waals surface area contributed by atoms with Gasteiger partial charge in [0.2, 0.25) is 5.91 Å². The van der Waals surface area contributed by atoms with Crippen molar-refractivity contribution < 1.29 is 19.6 Å². The summed E-state index contributed by atoms with van der Waals surface area (Å²) >= 11 is 0. The molecule has 0 atom stereocenters. The molecule has 0 spiro atoms. The molecule has 18 heavy (non-hydrogen) atoms. The molecule has 1 aromatic carbocycles. The third kappa shape index (κ3) is 3.44. The molecule has 1 rings (SSSR count). The smallest absolute Gasteiger partial charge is 0.342 e. The van der Waals surface area contributed by atoms with Crippen LogP contribution in [0.5, 0.6) is 0 Å². The zero-order valence-electron chi connectivity index (χ0n) is 9.25. The Balaban J connectivity index is 2.90. The van der Waals surface area contributed by atoms with Gasteiger partial charge >= 0.3 is 5.97 Å². The van der Waals surface area contributed by atoms with Gasteiger partial charge in [-0.05, 0) is 12.1 Å². The van der Waals surface area contributed by atoms with Crippen LogP contribution in [0.2, 0.25) is 0 Å². The van der Waals surface area contributed by atoms with Crippen molar-refractivity contribution in [1.29, 1.82) is 0 Å². The van der Waals surface area contributed by atoms with E-state index >= 15 is 0 Å². The predicted octanol–water partition coefficient (Wildman–Crippen LogP) is 0.580. The number of carbonyl (C=O) groups is 2. The zero-order valence-corrected chi connectivity index (χ0v) is 9.25. The minimum atomic E-state index is -1.37. The molecule has 0 aliphatic heterocycles. The lowest BCUT2D eigenvalue weighted by molar-refractivity contribution is -0.385. The predicted molar refractivity (Wildman–Crippen MR) is 62.4 cm³/mol. The van der Waals surface area contributed by atoms with E-state index in [9.17, 15) is 19.7 Å². The highest BCUT2D eigenvalue weighted by Gasteiger charge is 2.19. The molecule has 0 saturated carbocycles. The number of carboxylic acid groups (broad SMARTS) is 1. The third-order valence-electron chi connectivity index (χ3n) is 2.13. The minimum absolute atomic E-state index is 0.0779. The first-order valence-corrected chi connectivity index (χ1v) is 4.95. The molecule has 96 valence electrons. The van der Waals surface area contributed by atoms with Gasteiger partial charge in [0, 0.05) is 24.7 Å². The van der Waals surface area contributed by atoms with E-state index in [1.54, 1.807) is 0 Å². The number of anilines is 1. The number of carbonyl (C=O) groups excluding carboxylic acids is 1. The third-order valence-corrected chi connectivity index (χ3v) is 2.13. The van der Waals surface area contributed by atoms with Gasteiger partial charge in [0.15, 0.2) is 0 Å². The van der Waals surface area contributed by atoms with Gasteiger partial charge in [-0.2, -0.15) is 0 Å². The van der Waals surface area contributed by atoms with E-state index in [-0.39, 0.29) is 18.5 Å². The molecule has 0 fully saturated rings. The molecule has 0 aliphatic carbocycles. The van der Waals surface area contributed by atoms with Crippen molar-refractivity contribution in [3.05, 3.63) is 33.9 Å². The summed E-state index contributed by atoms with van der Waals surface area (Å²) in [7, 11) is 0. The molecule has 0 aliphatic rings. The van der Waals surface area contributed by atoms with Gasteiger partial charge in [-0.15, -0.1) is 0 Å².